The van der Waals surface area contributed by atoms with Crippen molar-refractivity contribution in [2.45, 2.75) is 146 Å². The quantitative estimate of drug-likeness (QED) is 0.0143. The highest BCUT2D eigenvalue weighted by Gasteiger charge is 2.38. The van der Waals surface area contributed by atoms with Crippen LogP contribution < -0.4 is 65.9 Å². The average Bonchev–Trinajstić information content (AvgIpc) is 4.06. The molecular formula is C48H75N15O13. The summed E-state index contributed by atoms with van der Waals surface area (Å²) in [7, 11) is 0. The number of aliphatic hydroxyl groups excluding tert-OH is 1. The number of carbonyl (C=O) groups excluding carboxylic acids is 12. The standard InChI is InChI=1S/C48H75N15O13/c1-26(2)20-32(41(70)57-30(15-16-37(50)66)40(69)61-35(25-65)44(73)58-31(13-7-17-54-48(52)53)47(76)62-18-8-12-29(62)24-64)59-42(71)33(21-28-10-5-4-6-11-28)60-43(72)34(22-38(51)67)56-39(68)23-55-45(74)36-14-9-19-63(36)46(75)27(3)49/h4-6,10-11,24,26-27,29-36,65H,7-9,12-23,25,49H2,1-3H3,(H2,50,66)(H2,51,67)(H,55,74)(H,56,68)(H,57,70)(H,58,73)(H,59,71)(H,60,72)(H,61,69)(H4,52,53,54)/t27-,29-,30-,31-,32-,33-,34-,35-,36-/m0/s1. The maximum atomic E-state index is 14.3. The van der Waals surface area contributed by atoms with Crippen molar-refractivity contribution in [3.05, 3.63) is 35.9 Å². The Kier molecular flexibility index (Phi) is 25.7. The van der Waals surface area contributed by atoms with E-state index in [1.807, 2.05) is 0 Å². The highest BCUT2D eigenvalue weighted by Crippen LogP contribution is 2.20. The van der Waals surface area contributed by atoms with E-state index in [0.717, 1.165) is 0 Å². The number of carbonyl (C=O) groups is 12. The topological polar surface area (TPSA) is 458 Å². The van der Waals surface area contributed by atoms with Gasteiger partial charge in [-0.15, -0.1) is 0 Å². The Balaban J connectivity index is 1.82. The van der Waals surface area contributed by atoms with Crippen LogP contribution in [0.3, 0.4) is 0 Å². The predicted molar refractivity (Wildman–Crippen MR) is 273 cm³/mol. The minimum absolute atomic E-state index is 0.00184. The first-order valence-electron chi connectivity index (χ1n) is 25.1. The predicted octanol–water partition coefficient (Wildman–Crippen LogP) is -5.98. The van der Waals surface area contributed by atoms with Crippen LogP contribution in [0.5, 0.6) is 0 Å². The molecule has 1 aromatic carbocycles. The van der Waals surface area contributed by atoms with Crippen LogP contribution in [-0.4, -0.2) is 179 Å². The molecule has 2 heterocycles. The molecule has 3 rings (SSSR count). The molecule has 11 amide bonds. The van der Waals surface area contributed by atoms with Gasteiger partial charge in [0.1, 0.15) is 48.6 Å². The number of likely N-dealkylation sites (tertiary alicyclic amines) is 2. The highest BCUT2D eigenvalue weighted by molar-refractivity contribution is 5.99. The van der Waals surface area contributed by atoms with Gasteiger partial charge in [-0.1, -0.05) is 44.2 Å². The van der Waals surface area contributed by atoms with E-state index in [1.54, 1.807) is 44.2 Å². The monoisotopic (exact) mass is 1070 g/mol. The second kappa shape index (κ2) is 31.2. The van der Waals surface area contributed by atoms with Crippen molar-refractivity contribution < 1.29 is 62.6 Å². The lowest BCUT2D eigenvalue weighted by Gasteiger charge is -2.29. The van der Waals surface area contributed by atoms with Crippen molar-refractivity contribution in [1.82, 2.24) is 47.0 Å². The molecule has 0 saturated carbocycles. The van der Waals surface area contributed by atoms with Gasteiger partial charge >= 0.3 is 0 Å². The Labute approximate surface area is 439 Å². The van der Waals surface area contributed by atoms with Gasteiger partial charge in [-0.05, 0) is 69.8 Å². The SMILES string of the molecule is CC(C)C[C@H](NC(=O)[C@H](Cc1ccccc1)NC(=O)[C@H](CC(N)=O)NC(=O)CNC(=O)[C@@H]1CCCN1C(=O)[C@H](C)N)C(=O)N[C@@H](CCC(N)=O)C(=O)N[C@@H](CO)C(=O)N[C@@H](CCCN=C(N)N)C(=O)N1CCC[C@H]1C=O. The number of nitrogens with one attached hydrogen (secondary N) is 7. The number of hydrogen-bond acceptors (Lipinski definition) is 15. The smallest absolute Gasteiger partial charge is 0.245 e. The summed E-state index contributed by atoms with van der Waals surface area (Å²) in [5.74, 6) is -9.98. The molecule has 28 nitrogen and oxygen atoms in total. The van der Waals surface area contributed by atoms with Gasteiger partial charge in [0.15, 0.2) is 5.96 Å². The molecule has 420 valence electrons. The van der Waals surface area contributed by atoms with E-state index < -0.39 is 152 Å². The third kappa shape index (κ3) is 20.5. The third-order valence-electron chi connectivity index (χ3n) is 12.4. The first-order chi connectivity index (χ1) is 35.9. The largest absolute Gasteiger partial charge is 0.394 e. The summed E-state index contributed by atoms with van der Waals surface area (Å²) >= 11 is 0. The number of nitrogens with zero attached hydrogens (tertiary/aromatic N) is 3. The van der Waals surface area contributed by atoms with Crippen LogP contribution >= 0.6 is 0 Å². The van der Waals surface area contributed by atoms with E-state index >= 15 is 0 Å². The van der Waals surface area contributed by atoms with Crippen LogP contribution in [0.2, 0.25) is 0 Å². The van der Waals surface area contributed by atoms with Crippen molar-refractivity contribution >= 4 is 77.2 Å². The Morgan fingerprint density at radius 2 is 1.25 bits per heavy atom. The molecule has 0 aliphatic carbocycles. The fraction of sp³-hybridized carbons (Fsp3) is 0.604. The first kappa shape index (κ1) is 62.5. The van der Waals surface area contributed by atoms with Gasteiger partial charge in [-0.2, -0.15) is 0 Å². The maximum Gasteiger partial charge on any atom is 0.245 e. The van der Waals surface area contributed by atoms with Gasteiger partial charge in [-0.25, -0.2) is 0 Å². The summed E-state index contributed by atoms with van der Waals surface area (Å²) in [6, 6.07) is -3.30. The van der Waals surface area contributed by atoms with E-state index in [9.17, 15) is 62.6 Å². The molecule has 2 aliphatic rings. The van der Waals surface area contributed by atoms with Crippen molar-refractivity contribution in [3.8, 4) is 0 Å². The van der Waals surface area contributed by atoms with E-state index in [1.165, 1.54) is 16.7 Å². The molecular weight excluding hydrogens is 995 g/mol. The Morgan fingerprint density at radius 1 is 0.684 bits per heavy atom. The van der Waals surface area contributed by atoms with E-state index in [-0.39, 0.29) is 57.2 Å². The molecule has 0 spiro atoms. The number of benzene rings is 1. The van der Waals surface area contributed by atoms with Gasteiger partial charge in [0.25, 0.3) is 0 Å². The lowest BCUT2D eigenvalue weighted by molar-refractivity contribution is -0.140. The fourth-order valence-corrected chi connectivity index (χ4v) is 8.55. The number of aldehydes is 1. The van der Waals surface area contributed by atoms with Crippen molar-refractivity contribution in [2.24, 2.45) is 39.6 Å². The Morgan fingerprint density at radius 3 is 1.86 bits per heavy atom. The van der Waals surface area contributed by atoms with E-state index in [4.69, 9.17) is 28.7 Å². The minimum atomic E-state index is -1.72. The number of aliphatic imine (C=N–C) groups is 1. The first-order valence-corrected chi connectivity index (χ1v) is 25.1. The number of primary amides is 2. The molecule has 76 heavy (non-hydrogen) atoms. The van der Waals surface area contributed by atoms with Crippen LogP contribution in [-0.2, 0) is 64.0 Å². The molecule has 0 radical (unpaired) electrons. The number of aliphatic hydroxyl groups is 1. The van der Waals surface area contributed by atoms with E-state index in [2.05, 4.69) is 42.2 Å². The number of amides is 11. The lowest BCUT2D eigenvalue weighted by atomic mass is 10.00. The van der Waals surface area contributed by atoms with E-state index in [0.29, 0.717) is 37.5 Å². The van der Waals surface area contributed by atoms with Gasteiger partial charge in [0.05, 0.1) is 31.7 Å². The second-order valence-electron chi connectivity index (χ2n) is 19.1. The number of nitrogens with two attached hydrogens (primary N) is 5. The summed E-state index contributed by atoms with van der Waals surface area (Å²) in [4.78, 5) is 165. The van der Waals surface area contributed by atoms with Crippen LogP contribution in [0.1, 0.15) is 90.5 Å². The maximum absolute atomic E-state index is 14.3. The number of rotatable bonds is 31. The summed E-state index contributed by atoms with van der Waals surface area (Å²) in [5, 5.41) is 27.6. The summed E-state index contributed by atoms with van der Waals surface area (Å²) in [6.45, 7) is 3.88. The zero-order valence-corrected chi connectivity index (χ0v) is 43.1. The molecule has 2 saturated heterocycles. The summed E-state index contributed by atoms with van der Waals surface area (Å²) < 4.78 is 0. The van der Waals surface area contributed by atoms with Crippen molar-refractivity contribution in [3.63, 3.8) is 0 Å². The normalized spacial score (nSPS) is 17.8. The van der Waals surface area contributed by atoms with Crippen molar-refractivity contribution in [2.75, 3.05) is 32.8 Å². The zero-order chi connectivity index (χ0) is 56.6. The van der Waals surface area contributed by atoms with Gasteiger partial charge in [-0.3, -0.25) is 57.7 Å². The summed E-state index contributed by atoms with van der Waals surface area (Å²) in [5.41, 5.74) is 27.9. The molecule has 9 atom stereocenters. The summed E-state index contributed by atoms with van der Waals surface area (Å²) in [6.07, 6.45) is 0.773. The third-order valence-corrected chi connectivity index (χ3v) is 12.4. The van der Waals surface area contributed by atoms with Crippen LogP contribution in [0.4, 0.5) is 0 Å². The highest BCUT2D eigenvalue weighted by atomic mass is 16.3. The number of hydrogen-bond donors (Lipinski definition) is 13. The second-order valence-corrected chi connectivity index (χ2v) is 19.1. The molecule has 2 fully saturated rings. The van der Waals surface area contributed by atoms with Crippen LogP contribution in [0, 0.1) is 5.92 Å². The van der Waals surface area contributed by atoms with Gasteiger partial charge in [0.2, 0.25) is 65.0 Å². The zero-order valence-electron chi connectivity index (χ0n) is 43.1. The van der Waals surface area contributed by atoms with Crippen LogP contribution in [0.25, 0.3) is 0 Å². The van der Waals surface area contributed by atoms with Gasteiger partial charge in [0, 0.05) is 32.5 Å². The molecule has 0 aromatic heterocycles. The van der Waals surface area contributed by atoms with Crippen molar-refractivity contribution in [1.29, 1.82) is 0 Å². The molecule has 0 unspecified atom stereocenters. The molecule has 18 N–H and O–H groups in total. The molecule has 28 heteroatoms. The minimum Gasteiger partial charge on any atom is -0.394 e. The molecule has 1 aromatic rings. The number of guanidine groups is 1. The Hall–Kier alpha value is -7.75. The molecule has 0 bridgehead atoms. The Bertz CT molecular complexity index is 2260. The fourth-order valence-electron chi connectivity index (χ4n) is 8.55. The van der Waals surface area contributed by atoms with Crippen LogP contribution in [0.15, 0.2) is 35.3 Å². The average molecular weight is 1070 g/mol. The van der Waals surface area contributed by atoms with Gasteiger partial charge < -0.3 is 85.6 Å². The lowest BCUT2D eigenvalue weighted by Crippen LogP contribution is -2.61. The molecule has 2 aliphatic heterocycles.